The van der Waals surface area contributed by atoms with E-state index < -0.39 is 5.97 Å². The van der Waals surface area contributed by atoms with Crippen LogP contribution in [0.25, 0.3) is 0 Å². The highest BCUT2D eigenvalue weighted by Crippen LogP contribution is 2.29. The number of nitrogens with zero attached hydrogens (tertiary/aromatic N) is 1. The smallest absolute Gasteiger partial charge is 0.371 e. The van der Waals surface area contributed by atoms with Crippen molar-refractivity contribution in [3.63, 3.8) is 0 Å². The number of phenols is 1. The molecule has 7 nitrogen and oxygen atoms in total. The van der Waals surface area contributed by atoms with Crippen LogP contribution in [-0.4, -0.2) is 29.5 Å². The fourth-order valence-electron chi connectivity index (χ4n) is 2.33. The molecule has 0 unspecified atom stereocenters. The Morgan fingerprint density at radius 2 is 2.00 bits per heavy atom. The number of hydrogen-bond acceptors (Lipinski definition) is 6. The maximum absolute atomic E-state index is 10.8. The number of phenolic OH excluding ortho intramolecular Hbond substituents is 1. The third-order valence-corrected chi connectivity index (χ3v) is 3.62. The number of aromatic hydroxyl groups is 1. The normalized spacial score (nSPS) is 10.9. The molecule has 1 heterocycles. The van der Waals surface area contributed by atoms with Crippen LogP contribution in [0.4, 0.5) is 5.69 Å². The molecule has 2 aromatic carbocycles. The molecule has 1 aromatic heterocycles. The van der Waals surface area contributed by atoms with Gasteiger partial charge in [0.1, 0.15) is 18.1 Å². The van der Waals surface area contributed by atoms with Gasteiger partial charge in [-0.15, -0.1) is 0 Å². The van der Waals surface area contributed by atoms with E-state index in [1.165, 1.54) is 13.2 Å². The summed E-state index contributed by atoms with van der Waals surface area (Å²) in [5.74, 6) is 0.257. The lowest BCUT2D eigenvalue weighted by atomic mass is 10.2. The van der Waals surface area contributed by atoms with Crippen LogP contribution in [-0.2, 0) is 6.61 Å². The molecule has 0 aliphatic heterocycles. The van der Waals surface area contributed by atoms with E-state index in [-0.39, 0.29) is 18.1 Å². The first kappa shape index (κ1) is 18.1. The summed E-state index contributed by atoms with van der Waals surface area (Å²) in [6, 6.07) is 14.8. The van der Waals surface area contributed by atoms with E-state index in [1.807, 2.05) is 0 Å². The van der Waals surface area contributed by atoms with Crippen molar-refractivity contribution in [1.29, 1.82) is 0 Å². The molecule has 0 aliphatic carbocycles. The number of hydrogen-bond donors (Lipinski definition) is 2. The number of carbonyl (C=O) groups is 1. The van der Waals surface area contributed by atoms with Gasteiger partial charge in [-0.05, 0) is 48.0 Å². The Balaban J connectivity index is 1.70. The van der Waals surface area contributed by atoms with Crippen LogP contribution in [0.2, 0.25) is 0 Å². The highest BCUT2D eigenvalue weighted by Gasteiger charge is 2.11. The van der Waals surface area contributed by atoms with Crippen LogP contribution in [0.1, 0.15) is 21.9 Å². The Labute approximate surface area is 155 Å². The number of benzene rings is 2. The number of carboxylic acid groups (broad SMARTS) is 1. The van der Waals surface area contributed by atoms with Crippen LogP contribution < -0.4 is 9.47 Å². The summed E-state index contributed by atoms with van der Waals surface area (Å²) in [4.78, 5) is 15.1. The third kappa shape index (κ3) is 4.66. The average Bonchev–Trinajstić information content (AvgIpc) is 3.14. The van der Waals surface area contributed by atoms with Gasteiger partial charge in [0, 0.05) is 12.3 Å². The van der Waals surface area contributed by atoms with Gasteiger partial charge in [0.2, 0.25) is 5.76 Å². The minimum atomic E-state index is -1.13. The van der Waals surface area contributed by atoms with E-state index in [1.54, 1.807) is 54.7 Å². The van der Waals surface area contributed by atoms with Crippen molar-refractivity contribution in [1.82, 2.24) is 0 Å². The number of furan rings is 1. The number of ether oxygens (including phenoxy) is 2. The third-order valence-electron chi connectivity index (χ3n) is 3.62. The highest BCUT2D eigenvalue weighted by atomic mass is 16.5. The Hall–Kier alpha value is -3.74. The summed E-state index contributed by atoms with van der Waals surface area (Å²) < 4.78 is 16.1. The molecule has 0 spiro atoms. The van der Waals surface area contributed by atoms with Crippen LogP contribution >= 0.6 is 0 Å². The largest absolute Gasteiger partial charge is 0.508 e. The molecule has 0 aliphatic rings. The molecule has 2 N–H and O–H groups in total. The molecular formula is C20H17NO6. The number of carboxylic acids is 1. The van der Waals surface area contributed by atoms with Gasteiger partial charge < -0.3 is 24.1 Å². The first-order valence-electron chi connectivity index (χ1n) is 8.01. The fraction of sp³-hybridized carbons (Fsp3) is 0.100. The van der Waals surface area contributed by atoms with Gasteiger partial charge in [0.15, 0.2) is 11.5 Å². The SMILES string of the molecule is COc1cc(C=Nc2cccc(O)c2)ccc1OCc1ccc(C(=O)O)o1. The zero-order valence-corrected chi connectivity index (χ0v) is 14.5. The first-order chi connectivity index (χ1) is 13.0. The first-order valence-corrected chi connectivity index (χ1v) is 8.01. The fourth-order valence-corrected chi connectivity index (χ4v) is 2.33. The van der Waals surface area contributed by atoms with Gasteiger partial charge in [-0.2, -0.15) is 0 Å². The maximum Gasteiger partial charge on any atom is 0.371 e. The molecule has 3 aromatic rings. The van der Waals surface area contributed by atoms with E-state index >= 15 is 0 Å². The number of aliphatic imine (C=N–C) groups is 1. The van der Waals surface area contributed by atoms with Crippen LogP contribution in [0, 0.1) is 0 Å². The second-order valence-corrected chi connectivity index (χ2v) is 5.55. The van der Waals surface area contributed by atoms with Crippen molar-refractivity contribution in [2.45, 2.75) is 6.61 Å². The summed E-state index contributed by atoms with van der Waals surface area (Å²) >= 11 is 0. The maximum atomic E-state index is 10.8. The average molecular weight is 367 g/mol. The quantitative estimate of drug-likeness (QED) is 0.612. The summed E-state index contributed by atoms with van der Waals surface area (Å²) in [5.41, 5.74) is 1.41. The topological polar surface area (TPSA) is 101 Å². The van der Waals surface area contributed by atoms with Gasteiger partial charge >= 0.3 is 5.97 Å². The van der Waals surface area contributed by atoms with E-state index in [2.05, 4.69) is 4.99 Å². The van der Waals surface area contributed by atoms with Crippen molar-refractivity contribution in [3.8, 4) is 17.2 Å². The van der Waals surface area contributed by atoms with Crippen molar-refractivity contribution in [2.75, 3.05) is 7.11 Å². The molecule has 0 saturated heterocycles. The number of methoxy groups -OCH3 is 1. The van der Waals surface area contributed by atoms with Gasteiger partial charge in [-0.25, -0.2) is 4.79 Å². The lowest BCUT2D eigenvalue weighted by Gasteiger charge is -2.10. The second-order valence-electron chi connectivity index (χ2n) is 5.55. The summed E-state index contributed by atoms with van der Waals surface area (Å²) in [5, 5.41) is 18.3. The minimum Gasteiger partial charge on any atom is -0.508 e. The Morgan fingerprint density at radius 1 is 1.15 bits per heavy atom. The van der Waals surface area contributed by atoms with E-state index in [4.69, 9.17) is 19.0 Å². The minimum absolute atomic E-state index is 0.0698. The number of rotatable bonds is 7. The predicted molar refractivity (Wildman–Crippen MR) is 98.4 cm³/mol. The molecular weight excluding hydrogens is 350 g/mol. The van der Waals surface area contributed by atoms with Crippen LogP contribution in [0.15, 0.2) is 64.0 Å². The molecule has 0 saturated carbocycles. The summed E-state index contributed by atoms with van der Waals surface area (Å²) in [7, 11) is 1.52. The lowest BCUT2D eigenvalue weighted by Crippen LogP contribution is -1.98. The molecule has 7 heteroatoms. The van der Waals surface area contributed by atoms with Crippen molar-refractivity contribution >= 4 is 17.9 Å². The van der Waals surface area contributed by atoms with Gasteiger partial charge in [-0.1, -0.05) is 6.07 Å². The van der Waals surface area contributed by atoms with Gasteiger partial charge in [0.05, 0.1) is 12.8 Å². The molecule has 0 bridgehead atoms. The molecule has 0 fully saturated rings. The standard InChI is InChI=1S/C20H17NO6/c1-25-19-9-13(11-21-14-3-2-4-15(22)10-14)5-7-17(19)26-12-16-6-8-18(27-16)20(23)24/h2-11,22H,12H2,1H3,(H,23,24). The van der Waals surface area contributed by atoms with E-state index in [0.717, 1.165) is 5.56 Å². The van der Waals surface area contributed by atoms with Crippen molar-refractivity contribution < 1.29 is 28.9 Å². The second kappa shape index (κ2) is 8.09. The molecule has 0 atom stereocenters. The van der Waals surface area contributed by atoms with Crippen molar-refractivity contribution in [2.24, 2.45) is 4.99 Å². The van der Waals surface area contributed by atoms with Crippen LogP contribution in [0.3, 0.4) is 0 Å². The molecule has 138 valence electrons. The monoisotopic (exact) mass is 367 g/mol. The van der Waals surface area contributed by atoms with Gasteiger partial charge in [-0.3, -0.25) is 4.99 Å². The van der Waals surface area contributed by atoms with Gasteiger partial charge in [0.25, 0.3) is 0 Å². The Morgan fingerprint density at radius 3 is 2.70 bits per heavy atom. The summed E-state index contributed by atoms with van der Waals surface area (Å²) in [6.07, 6.45) is 1.65. The molecule has 3 rings (SSSR count). The molecule has 0 radical (unpaired) electrons. The lowest BCUT2D eigenvalue weighted by molar-refractivity contribution is 0.0658. The zero-order valence-electron chi connectivity index (χ0n) is 14.5. The van der Waals surface area contributed by atoms with E-state index in [0.29, 0.717) is 22.9 Å². The Bertz CT molecular complexity index is 976. The zero-order chi connectivity index (χ0) is 19.2. The van der Waals surface area contributed by atoms with Crippen molar-refractivity contribution in [3.05, 3.63) is 71.7 Å². The van der Waals surface area contributed by atoms with Crippen LogP contribution in [0.5, 0.6) is 17.2 Å². The molecule has 0 amide bonds. The predicted octanol–water partition coefficient (Wildman–Crippen LogP) is 4.02. The molecule has 27 heavy (non-hydrogen) atoms. The van der Waals surface area contributed by atoms with E-state index in [9.17, 15) is 9.90 Å². The highest BCUT2D eigenvalue weighted by molar-refractivity contribution is 5.84. The number of aromatic carboxylic acids is 1. The Kier molecular flexibility index (Phi) is 5.41. The summed E-state index contributed by atoms with van der Waals surface area (Å²) in [6.45, 7) is 0.0698.